The molecular weight excluding hydrogens is 436 g/mol. The highest BCUT2D eigenvalue weighted by molar-refractivity contribution is 7.80. The SMILES string of the molecule is COc1cc([C@@H]2NC(=S)NC(C)=C2C(=O)Nc2cccnc2)ccc1OCc1ccccc1. The Morgan fingerprint density at radius 2 is 1.94 bits per heavy atom. The van der Waals surface area contributed by atoms with Gasteiger partial charge in [-0.15, -0.1) is 0 Å². The molecule has 7 nitrogen and oxygen atoms in total. The molecule has 3 aromatic rings. The number of anilines is 1. The minimum atomic E-state index is -0.465. The number of hydrogen-bond donors (Lipinski definition) is 3. The molecule has 0 saturated heterocycles. The van der Waals surface area contributed by atoms with Crippen molar-refractivity contribution in [3.8, 4) is 11.5 Å². The van der Waals surface area contributed by atoms with E-state index in [1.165, 1.54) is 0 Å². The second-order valence-corrected chi connectivity index (χ2v) is 7.86. The van der Waals surface area contributed by atoms with E-state index in [0.717, 1.165) is 11.1 Å². The van der Waals surface area contributed by atoms with Crippen LogP contribution in [0.25, 0.3) is 0 Å². The van der Waals surface area contributed by atoms with Crippen LogP contribution in [0.15, 0.2) is 84.3 Å². The third-order valence-electron chi connectivity index (χ3n) is 5.19. The molecule has 0 unspecified atom stereocenters. The number of nitrogens with zero attached hydrogens (tertiary/aromatic N) is 1. The minimum absolute atomic E-state index is 0.253. The molecule has 0 fully saturated rings. The van der Waals surface area contributed by atoms with Gasteiger partial charge in [-0.2, -0.15) is 0 Å². The molecule has 0 spiro atoms. The van der Waals surface area contributed by atoms with Crippen LogP contribution in [0.3, 0.4) is 0 Å². The van der Waals surface area contributed by atoms with Crippen LogP contribution in [0.2, 0.25) is 0 Å². The van der Waals surface area contributed by atoms with Crippen LogP contribution >= 0.6 is 12.2 Å². The number of methoxy groups -OCH3 is 1. The summed E-state index contributed by atoms with van der Waals surface area (Å²) in [5.41, 5.74) is 3.68. The number of pyridine rings is 1. The molecule has 4 rings (SSSR count). The molecule has 0 bridgehead atoms. The van der Waals surface area contributed by atoms with Crippen molar-refractivity contribution in [3.05, 3.63) is 95.5 Å². The number of ether oxygens (including phenoxy) is 2. The first-order valence-corrected chi connectivity index (χ1v) is 10.8. The summed E-state index contributed by atoms with van der Waals surface area (Å²) in [6, 6.07) is 18.6. The van der Waals surface area contributed by atoms with E-state index < -0.39 is 6.04 Å². The van der Waals surface area contributed by atoms with Crippen molar-refractivity contribution in [2.24, 2.45) is 0 Å². The average molecular weight is 461 g/mol. The number of carbonyl (C=O) groups is 1. The molecule has 3 N–H and O–H groups in total. The lowest BCUT2D eigenvalue weighted by atomic mass is 9.94. The Morgan fingerprint density at radius 3 is 2.67 bits per heavy atom. The van der Waals surface area contributed by atoms with E-state index in [9.17, 15) is 4.79 Å². The number of allylic oxidation sites excluding steroid dienone is 1. The Kier molecular flexibility index (Phi) is 6.85. The predicted octanol–water partition coefficient (Wildman–Crippen LogP) is 4.10. The van der Waals surface area contributed by atoms with Gasteiger partial charge in [-0.3, -0.25) is 9.78 Å². The summed E-state index contributed by atoms with van der Waals surface area (Å²) in [4.78, 5) is 17.2. The summed E-state index contributed by atoms with van der Waals surface area (Å²) < 4.78 is 11.6. The molecular formula is C25H24N4O3S. The molecule has 168 valence electrons. The topological polar surface area (TPSA) is 84.5 Å². The number of carbonyl (C=O) groups excluding carboxylic acids is 1. The summed E-state index contributed by atoms with van der Waals surface area (Å²) in [5.74, 6) is 0.930. The van der Waals surface area contributed by atoms with Gasteiger partial charge >= 0.3 is 0 Å². The van der Waals surface area contributed by atoms with Gasteiger partial charge in [0.05, 0.1) is 30.6 Å². The molecule has 2 heterocycles. The zero-order valence-electron chi connectivity index (χ0n) is 18.3. The smallest absolute Gasteiger partial charge is 0.255 e. The van der Waals surface area contributed by atoms with E-state index in [4.69, 9.17) is 21.7 Å². The van der Waals surface area contributed by atoms with E-state index in [-0.39, 0.29) is 5.91 Å². The molecule has 0 aliphatic carbocycles. The van der Waals surface area contributed by atoms with Gasteiger partial charge in [-0.05, 0) is 54.5 Å². The van der Waals surface area contributed by atoms with Crippen LogP contribution in [0.1, 0.15) is 24.1 Å². The van der Waals surface area contributed by atoms with E-state index in [2.05, 4.69) is 20.9 Å². The van der Waals surface area contributed by atoms with Gasteiger partial charge in [-0.25, -0.2) is 0 Å². The molecule has 33 heavy (non-hydrogen) atoms. The molecule has 1 aromatic heterocycles. The normalized spacial score (nSPS) is 15.3. The first-order chi connectivity index (χ1) is 16.0. The fourth-order valence-corrected chi connectivity index (χ4v) is 3.87. The van der Waals surface area contributed by atoms with Crippen molar-refractivity contribution < 1.29 is 14.3 Å². The van der Waals surface area contributed by atoms with Crippen LogP contribution in [-0.4, -0.2) is 23.1 Å². The van der Waals surface area contributed by atoms with Crippen LogP contribution < -0.4 is 25.4 Å². The van der Waals surface area contributed by atoms with Crippen molar-refractivity contribution >= 4 is 28.9 Å². The fourth-order valence-electron chi connectivity index (χ4n) is 3.60. The monoisotopic (exact) mass is 460 g/mol. The number of amides is 1. The van der Waals surface area contributed by atoms with E-state index in [1.807, 2.05) is 55.5 Å². The maximum absolute atomic E-state index is 13.2. The first kappa shape index (κ1) is 22.3. The molecule has 1 atom stereocenters. The van der Waals surface area contributed by atoms with Crippen LogP contribution in [0.4, 0.5) is 5.69 Å². The number of thiocarbonyl (C=S) groups is 1. The van der Waals surface area contributed by atoms with Crippen LogP contribution in [0, 0.1) is 0 Å². The van der Waals surface area contributed by atoms with Crippen molar-refractivity contribution in [3.63, 3.8) is 0 Å². The summed E-state index contributed by atoms with van der Waals surface area (Å²) in [6.45, 7) is 2.25. The van der Waals surface area contributed by atoms with Crippen molar-refractivity contribution in [2.45, 2.75) is 19.6 Å². The highest BCUT2D eigenvalue weighted by Gasteiger charge is 2.30. The second kappa shape index (κ2) is 10.1. The zero-order chi connectivity index (χ0) is 23.2. The second-order valence-electron chi connectivity index (χ2n) is 7.45. The lowest BCUT2D eigenvalue weighted by Crippen LogP contribution is -2.45. The standard InChI is InChI=1S/C25H24N4O3S/c1-16-22(24(30)28-19-9-6-12-26-14-19)23(29-25(33)27-16)18-10-11-20(21(13-18)31-2)32-15-17-7-4-3-5-8-17/h3-14,23H,15H2,1-2H3,(H,28,30)(H2,27,29,33)/t23-/m0/s1. The predicted molar refractivity (Wildman–Crippen MR) is 131 cm³/mol. The first-order valence-electron chi connectivity index (χ1n) is 10.4. The van der Waals surface area contributed by atoms with Gasteiger partial charge in [0.2, 0.25) is 0 Å². The lowest BCUT2D eigenvalue weighted by molar-refractivity contribution is -0.113. The Labute approximate surface area is 197 Å². The third kappa shape index (κ3) is 5.30. The summed E-state index contributed by atoms with van der Waals surface area (Å²) in [5, 5.41) is 9.58. The van der Waals surface area contributed by atoms with Gasteiger partial charge in [0.1, 0.15) is 6.61 Å². The van der Waals surface area contributed by atoms with Crippen molar-refractivity contribution in [1.29, 1.82) is 0 Å². The molecule has 0 radical (unpaired) electrons. The van der Waals surface area contributed by atoms with Gasteiger partial charge in [0.25, 0.3) is 5.91 Å². The zero-order valence-corrected chi connectivity index (χ0v) is 19.1. The van der Waals surface area contributed by atoms with Crippen molar-refractivity contribution in [2.75, 3.05) is 12.4 Å². The van der Waals surface area contributed by atoms with Crippen LogP contribution in [0.5, 0.6) is 11.5 Å². The Bertz CT molecular complexity index is 1180. The number of benzene rings is 2. The largest absolute Gasteiger partial charge is 0.493 e. The Hall–Kier alpha value is -3.91. The van der Waals surface area contributed by atoms with Gasteiger partial charge in [0, 0.05) is 11.9 Å². The lowest BCUT2D eigenvalue weighted by Gasteiger charge is -2.30. The molecule has 1 aliphatic heterocycles. The van der Waals surface area contributed by atoms with Crippen LogP contribution in [-0.2, 0) is 11.4 Å². The van der Waals surface area contributed by atoms with Gasteiger partial charge in [0.15, 0.2) is 16.6 Å². The maximum atomic E-state index is 13.2. The highest BCUT2D eigenvalue weighted by Crippen LogP contribution is 2.35. The number of nitrogens with one attached hydrogen (secondary N) is 3. The van der Waals surface area contributed by atoms with Crippen molar-refractivity contribution in [1.82, 2.24) is 15.6 Å². The van der Waals surface area contributed by atoms with E-state index >= 15 is 0 Å². The molecule has 8 heteroatoms. The number of hydrogen-bond acceptors (Lipinski definition) is 5. The Balaban J connectivity index is 1.60. The molecule has 1 aliphatic rings. The number of rotatable bonds is 7. The summed E-state index contributed by atoms with van der Waals surface area (Å²) in [7, 11) is 1.59. The summed E-state index contributed by atoms with van der Waals surface area (Å²) in [6.07, 6.45) is 3.25. The molecule has 0 saturated carbocycles. The minimum Gasteiger partial charge on any atom is -0.493 e. The highest BCUT2D eigenvalue weighted by atomic mass is 32.1. The quantitative estimate of drug-likeness (QED) is 0.458. The molecule has 1 amide bonds. The summed E-state index contributed by atoms with van der Waals surface area (Å²) >= 11 is 5.36. The van der Waals surface area contributed by atoms with E-state index in [0.29, 0.717) is 40.2 Å². The van der Waals surface area contributed by atoms with Gasteiger partial charge in [-0.1, -0.05) is 36.4 Å². The number of aromatic nitrogens is 1. The Morgan fingerprint density at radius 1 is 1.12 bits per heavy atom. The third-order valence-corrected chi connectivity index (χ3v) is 5.41. The van der Waals surface area contributed by atoms with Gasteiger partial charge < -0.3 is 25.4 Å². The molecule has 2 aromatic carbocycles. The average Bonchev–Trinajstić information content (AvgIpc) is 2.83. The van der Waals surface area contributed by atoms with E-state index in [1.54, 1.807) is 31.6 Å². The fraction of sp³-hybridized carbons (Fsp3) is 0.160. The maximum Gasteiger partial charge on any atom is 0.255 e.